The molecule has 0 aliphatic carbocycles. The van der Waals surface area contributed by atoms with Gasteiger partial charge in [-0.3, -0.25) is 4.72 Å². The Morgan fingerprint density at radius 3 is 2.82 bits per heavy atom. The number of nitrogens with zero attached hydrogens (tertiary/aromatic N) is 1. The predicted octanol–water partition coefficient (Wildman–Crippen LogP) is 1.32. The molecule has 17 heavy (non-hydrogen) atoms. The summed E-state index contributed by atoms with van der Waals surface area (Å²) in [6.07, 6.45) is 2.60. The maximum atomic E-state index is 11.6. The number of carbonyl (C=O) groups is 1. The van der Waals surface area contributed by atoms with Gasteiger partial charge in [0.15, 0.2) is 5.82 Å². The lowest BCUT2D eigenvalue weighted by Crippen LogP contribution is -2.19. The minimum atomic E-state index is -3.53. The first-order valence-corrected chi connectivity index (χ1v) is 6.80. The number of sulfonamides is 1. The van der Waals surface area contributed by atoms with Crippen molar-refractivity contribution < 1.29 is 18.3 Å². The van der Waals surface area contributed by atoms with E-state index < -0.39 is 16.0 Å². The van der Waals surface area contributed by atoms with Gasteiger partial charge in [-0.15, -0.1) is 0 Å². The summed E-state index contributed by atoms with van der Waals surface area (Å²) in [5, 5.41) is 8.86. The standard InChI is InChI=1S/C10H14N2O4S/c1-2-3-7-17(15,16)12-9-8(10(13)14)5-4-6-11-9/h4-6H,2-3,7H2,1H3,(H,11,12)(H,13,14). The van der Waals surface area contributed by atoms with Gasteiger partial charge in [0, 0.05) is 6.20 Å². The molecule has 0 amide bonds. The molecule has 0 unspecified atom stereocenters. The summed E-state index contributed by atoms with van der Waals surface area (Å²) in [5.74, 6) is -1.40. The fraction of sp³-hybridized carbons (Fsp3) is 0.400. The van der Waals surface area contributed by atoms with Crippen LogP contribution in [0.2, 0.25) is 0 Å². The van der Waals surface area contributed by atoms with Crippen LogP contribution in [0.25, 0.3) is 0 Å². The largest absolute Gasteiger partial charge is 0.478 e. The van der Waals surface area contributed by atoms with Crippen LogP contribution in [-0.2, 0) is 10.0 Å². The van der Waals surface area contributed by atoms with Gasteiger partial charge in [-0.1, -0.05) is 13.3 Å². The first-order valence-electron chi connectivity index (χ1n) is 5.15. The summed E-state index contributed by atoms with van der Waals surface area (Å²) in [5.41, 5.74) is -0.160. The molecule has 2 N–H and O–H groups in total. The molecule has 1 aromatic rings. The number of rotatable bonds is 6. The third-order valence-electron chi connectivity index (χ3n) is 2.06. The highest BCUT2D eigenvalue weighted by Crippen LogP contribution is 2.13. The monoisotopic (exact) mass is 258 g/mol. The van der Waals surface area contributed by atoms with Crippen molar-refractivity contribution in [2.24, 2.45) is 0 Å². The van der Waals surface area contributed by atoms with E-state index in [4.69, 9.17) is 5.11 Å². The van der Waals surface area contributed by atoms with Crippen LogP contribution in [0, 0.1) is 0 Å². The van der Waals surface area contributed by atoms with E-state index in [1.54, 1.807) is 0 Å². The number of aromatic carboxylic acids is 1. The number of aromatic nitrogens is 1. The fourth-order valence-corrected chi connectivity index (χ4v) is 2.42. The normalized spacial score (nSPS) is 11.1. The molecule has 7 heteroatoms. The number of unbranched alkanes of at least 4 members (excludes halogenated alkanes) is 1. The molecule has 6 nitrogen and oxygen atoms in total. The van der Waals surface area contributed by atoms with Crippen molar-refractivity contribution in [1.29, 1.82) is 0 Å². The molecule has 0 radical (unpaired) electrons. The number of carboxylic acids is 1. The van der Waals surface area contributed by atoms with E-state index in [0.717, 1.165) is 6.42 Å². The maximum Gasteiger partial charge on any atom is 0.339 e. The van der Waals surface area contributed by atoms with Gasteiger partial charge < -0.3 is 5.11 Å². The average Bonchev–Trinajstić information content (AvgIpc) is 2.26. The third-order valence-corrected chi connectivity index (χ3v) is 3.39. The highest BCUT2D eigenvalue weighted by Gasteiger charge is 2.16. The average molecular weight is 258 g/mol. The molecule has 0 saturated heterocycles. The molecule has 0 fully saturated rings. The van der Waals surface area contributed by atoms with E-state index in [-0.39, 0.29) is 17.1 Å². The van der Waals surface area contributed by atoms with E-state index in [2.05, 4.69) is 9.71 Å². The SMILES string of the molecule is CCCCS(=O)(=O)Nc1ncccc1C(=O)O. The van der Waals surface area contributed by atoms with E-state index in [0.29, 0.717) is 6.42 Å². The quantitative estimate of drug-likeness (QED) is 0.802. The van der Waals surface area contributed by atoms with Gasteiger partial charge in [-0.25, -0.2) is 18.2 Å². The number of anilines is 1. The van der Waals surface area contributed by atoms with Crippen LogP contribution in [0.1, 0.15) is 30.1 Å². The Hall–Kier alpha value is -1.63. The van der Waals surface area contributed by atoms with Crippen LogP contribution in [0.15, 0.2) is 18.3 Å². The van der Waals surface area contributed by atoms with Crippen LogP contribution in [0.5, 0.6) is 0 Å². The maximum absolute atomic E-state index is 11.6. The summed E-state index contributed by atoms with van der Waals surface area (Å²) in [6.45, 7) is 1.87. The second kappa shape index (κ2) is 5.62. The van der Waals surface area contributed by atoms with Crippen molar-refractivity contribution in [3.63, 3.8) is 0 Å². The van der Waals surface area contributed by atoms with Crippen molar-refractivity contribution in [1.82, 2.24) is 4.98 Å². The van der Waals surface area contributed by atoms with Gasteiger partial charge in [0.25, 0.3) is 0 Å². The first kappa shape index (κ1) is 13.4. The number of carboxylic acid groups (broad SMARTS) is 1. The molecular weight excluding hydrogens is 244 g/mol. The zero-order valence-corrected chi connectivity index (χ0v) is 10.2. The molecule has 1 rings (SSSR count). The molecule has 94 valence electrons. The van der Waals surface area contributed by atoms with Crippen molar-refractivity contribution in [3.05, 3.63) is 23.9 Å². The molecule has 0 aromatic carbocycles. The Bertz CT molecular complexity index is 499. The van der Waals surface area contributed by atoms with Crippen LogP contribution >= 0.6 is 0 Å². The molecule has 0 aliphatic heterocycles. The first-order chi connectivity index (χ1) is 7.96. The van der Waals surface area contributed by atoms with E-state index in [1.807, 2.05) is 6.92 Å². The van der Waals surface area contributed by atoms with E-state index in [1.165, 1.54) is 18.3 Å². The van der Waals surface area contributed by atoms with Gasteiger partial charge in [-0.2, -0.15) is 0 Å². The highest BCUT2D eigenvalue weighted by molar-refractivity contribution is 7.92. The lowest BCUT2D eigenvalue weighted by atomic mass is 10.3. The Labute approximate surface area is 99.7 Å². The summed E-state index contributed by atoms with van der Waals surface area (Å²) in [7, 11) is -3.53. The van der Waals surface area contributed by atoms with Crippen molar-refractivity contribution in [2.75, 3.05) is 10.5 Å². The molecule has 0 spiro atoms. The number of nitrogens with one attached hydrogen (secondary N) is 1. The highest BCUT2D eigenvalue weighted by atomic mass is 32.2. The lowest BCUT2D eigenvalue weighted by molar-refractivity contribution is 0.0697. The van der Waals surface area contributed by atoms with Gasteiger partial charge >= 0.3 is 5.97 Å². The minimum Gasteiger partial charge on any atom is -0.478 e. The van der Waals surface area contributed by atoms with E-state index in [9.17, 15) is 13.2 Å². The molecule has 1 aromatic heterocycles. The summed E-state index contributed by atoms with van der Waals surface area (Å²) >= 11 is 0. The zero-order valence-electron chi connectivity index (χ0n) is 9.38. The van der Waals surface area contributed by atoms with Crippen LogP contribution in [0.4, 0.5) is 5.82 Å². The van der Waals surface area contributed by atoms with Crippen molar-refractivity contribution in [3.8, 4) is 0 Å². The van der Waals surface area contributed by atoms with Gasteiger partial charge in [0.05, 0.1) is 5.75 Å². The molecule has 0 atom stereocenters. The summed E-state index contributed by atoms with van der Waals surface area (Å²) < 4.78 is 25.4. The third kappa shape index (κ3) is 4.03. The Morgan fingerprint density at radius 2 is 2.24 bits per heavy atom. The number of hydrogen-bond acceptors (Lipinski definition) is 4. The molecule has 0 saturated carbocycles. The van der Waals surface area contributed by atoms with Crippen LogP contribution in [0.3, 0.4) is 0 Å². The molecular formula is C10H14N2O4S. The summed E-state index contributed by atoms with van der Waals surface area (Å²) in [6, 6.07) is 2.74. The smallest absolute Gasteiger partial charge is 0.339 e. The second-order valence-electron chi connectivity index (χ2n) is 3.48. The van der Waals surface area contributed by atoms with E-state index >= 15 is 0 Å². The van der Waals surface area contributed by atoms with Crippen LogP contribution in [-0.4, -0.2) is 30.2 Å². The van der Waals surface area contributed by atoms with Crippen LogP contribution < -0.4 is 4.72 Å². The Kier molecular flexibility index (Phi) is 4.45. The van der Waals surface area contributed by atoms with Gasteiger partial charge in [0.2, 0.25) is 10.0 Å². The van der Waals surface area contributed by atoms with Crippen molar-refractivity contribution >= 4 is 21.8 Å². The zero-order chi connectivity index (χ0) is 12.9. The van der Waals surface area contributed by atoms with Gasteiger partial charge in [0.1, 0.15) is 5.56 Å². The fourth-order valence-electron chi connectivity index (χ4n) is 1.19. The predicted molar refractivity (Wildman–Crippen MR) is 63.5 cm³/mol. The lowest BCUT2D eigenvalue weighted by Gasteiger charge is -2.08. The van der Waals surface area contributed by atoms with Crippen molar-refractivity contribution in [2.45, 2.75) is 19.8 Å². The minimum absolute atomic E-state index is 0.0425. The van der Waals surface area contributed by atoms with Gasteiger partial charge in [-0.05, 0) is 18.6 Å². The molecule has 1 heterocycles. The second-order valence-corrected chi connectivity index (χ2v) is 5.32. The molecule has 0 aliphatic rings. The number of hydrogen-bond donors (Lipinski definition) is 2. The molecule has 0 bridgehead atoms. The number of pyridine rings is 1. The Balaban J connectivity index is 2.92. The summed E-state index contributed by atoms with van der Waals surface area (Å²) in [4.78, 5) is 14.6. The Morgan fingerprint density at radius 1 is 1.53 bits per heavy atom. The topological polar surface area (TPSA) is 96.4 Å².